The van der Waals surface area contributed by atoms with Gasteiger partial charge in [0.2, 0.25) is 0 Å². The molecule has 0 saturated carbocycles. The second-order valence-corrected chi connectivity index (χ2v) is 6.86. The average Bonchev–Trinajstić information content (AvgIpc) is 2.78. The van der Waals surface area contributed by atoms with Crippen LogP contribution in [0.1, 0.15) is 43.3 Å². The van der Waals surface area contributed by atoms with Crippen molar-refractivity contribution < 1.29 is 0 Å². The molecule has 1 aliphatic rings. The number of hydrogen-bond donors (Lipinski definition) is 0. The zero-order chi connectivity index (χ0) is 13.2. The average molecular weight is 263 g/mol. The van der Waals surface area contributed by atoms with Gasteiger partial charge >= 0.3 is 0 Å². The van der Waals surface area contributed by atoms with E-state index in [1.165, 1.54) is 31.6 Å². The van der Waals surface area contributed by atoms with E-state index in [9.17, 15) is 0 Å². The van der Waals surface area contributed by atoms with Crippen molar-refractivity contribution in [2.24, 2.45) is 5.41 Å². The van der Waals surface area contributed by atoms with Gasteiger partial charge in [-0.15, -0.1) is 11.3 Å². The van der Waals surface area contributed by atoms with Gasteiger partial charge in [0.15, 0.2) is 0 Å². The monoisotopic (exact) mass is 263 g/mol. The molecule has 2 rings (SSSR count). The fourth-order valence-corrected chi connectivity index (χ4v) is 3.42. The van der Waals surface area contributed by atoms with Crippen molar-refractivity contribution >= 4 is 11.3 Å². The zero-order valence-electron chi connectivity index (χ0n) is 11.4. The van der Waals surface area contributed by atoms with Gasteiger partial charge in [0, 0.05) is 17.7 Å². The van der Waals surface area contributed by atoms with Crippen LogP contribution in [0.25, 0.3) is 0 Å². The van der Waals surface area contributed by atoms with Gasteiger partial charge in [0.05, 0.1) is 22.2 Å². The minimum Gasteiger partial charge on any atom is -0.306 e. The van der Waals surface area contributed by atoms with Crippen LogP contribution in [0, 0.1) is 16.7 Å². The molecule has 3 nitrogen and oxygen atoms in total. The smallest absolute Gasteiger partial charge is 0.0944 e. The van der Waals surface area contributed by atoms with Crippen LogP contribution >= 0.6 is 11.3 Å². The fourth-order valence-electron chi connectivity index (χ4n) is 2.32. The van der Waals surface area contributed by atoms with E-state index in [2.05, 4.69) is 23.4 Å². The third kappa shape index (κ3) is 3.30. The standard InChI is InChI=1S/C14H21N3S/c1-14(2,10-15)8-13-16-12(9-18-13)11-4-6-17(3)7-5-11/h9,11H,4-8H2,1-3H3. The number of nitrogens with zero attached hydrogens (tertiary/aromatic N) is 3. The van der Waals surface area contributed by atoms with E-state index in [1.807, 2.05) is 13.8 Å². The van der Waals surface area contributed by atoms with Crippen molar-refractivity contribution in [2.75, 3.05) is 20.1 Å². The molecule has 0 aromatic carbocycles. The first-order valence-corrected chi connectivity index (χ1v) is 7.42. The maximum Gasteiger partial charge on any atom is 0.0944 e. The highest BCUT2D eigenvalue weighted by Crippen LogP contribution is 2.30. The summed E-state index contributed by atoms with van der Waals surface area (Å²) in [6.45, 7) is 6.29. The molecular weight excluding hydrogens is 242 g/mol. The lowest BCUT2D eigenvalue weighted by Crippen LogP contribution is -2.29. The van der Waals surface area contributed by atoms with Gasteiger partial charge < -0.3 is 4.90 Å². The summed E-state index contributed by atoms with van der Waals surface area (Å²) >= 11 is 1.71. The fraction of sp³-hybridized carbons (Fsp3) is 0.714. The molecule has 2 heterocycles. The molecular formula is C14H21N3S. The topological polar surface area (TPSA) is 39.9 Å². The number of aromatic nitrogens is 1. The van der Waals surface area contributed by atoms with Crippen molar-refractivity contribution in [1.82, 2.24) is 9.88 Å². The molecule has 98 valence electrons. The number of thiazole rings is 1. The summed E-state index contributed by atoms with van der Waals surface area (Å²) in [6, 6.07) is 2.34. The van der Waals surface area contributed by atoms with Crippen molar-refractivity contribution in [2.45, 2.75) is 39.0 Å². The van der Waals surface area contributed by atoms with Crippen molar-refractivity contribution in [3.63, 3.8) is 0 Å². The maximum atomic E-state index is 9.06. The van der Waals surface area contributed by atoms with Crippen LogP contribution in [0.5, 0.6) is 0 Å². The summed E-state index contributed by atoms with van der Waals surface area (Å²) < 4.78 is 0. The number of hydrogen-bond acceptors (Lipinski definition) is 4. The molecule has 1 saturated heterocycles. The van der Waals surface area contributed by atoms with E-state index in [1.54, 1.807) is 11.3 Å². The maximum absolute atomic E-state index is 9.06. The molecule has 18 heavy (non-hydrogen) atoms. The predicted molar refractivity (Wildman–Crippen MR) is 74.7 cm³/mol. The Morgan fingerprint density at radius 1 is 1.50 bits per heavy atom. The molecule has 1 fully saturated rings. The van der Waals surface area contributed by atoms with Gasteiger partial charge in [-0.1, -0.05) is 0 Å². The predicted octanol–water partition coefficient (Wildman–Crippen LogP) is 3.04. The van der Waals surface area contributed by atoms with Crippen molar-refractivity contribution in [1.29, 1.82) is 5.26 Å². The second kappa shape index (κ2) is 5.38. The highest BCUT2D eigenvalue weighted by Gasteiger charge is 2.23. The summed E-state index contributed by atoms with van der Waals surface area (Å²) in [6.07, 6.45) is 3.18. The Morgan fingerprint density at radius 3 is 2.78 bits per heavy atom. The van der Waals surface area contributed by atoms with E-state index in [0.29, 0.717) is 5.92 Å². The van der Waals surface area contributed by atoms with Crippen LogP contribution < -0.4 is 0 Å². The lowest BCUT2D eigenvalue weighted by Gasteiger charge is -2.27. The Morgan fingerprint density at radius 2 is 2.17 bits per heavy atom. The minimum atomic E-state index is -0.304. The lowest BCUT2D eigenvalue weighted by molar-refractivity contribution is 0.253. The third-order valence-corrected chi connectivity index (χ3v) is 4.47. The third-order valence-electron chi connectivity index (χ3n) is 3.60. The minimum absolute atomic E-state index is 0.304. The molecule has 0 amide bonds. The first kappa shape index (κ1) is 13.5. The van der Waals surface area contributed by atoms with Gasteiger partial charge in [-0.3, -0.25) is 0 Å². The van der Waals surface area contributed by atoms with Crippen LogP contribution in [0.2, 0.25) is 0 Å². The molecule has 4 heteroatoms. The summed E-state index contributed by atoms with van der Waals surface area (Å²) in [4.78, 5) is 7.12. The lowest BCUT2D eigenvalue weighted by atomic mass is 9.91. The van der Waals surface area contributed by atoms with Crippen LogP contribution in [0.3, 0.4) is 0 Å². The quantitative estimate of drug-likeness (QED) is 0.841. The highest BCUT2D eigenvalue weighted by atomic mass is 32.1. The molecule has 0 atom stereocenters. The van der Waals surface area contributed by atoms with E-state index in [-0.39, 0.29) is 5.41 Å². The molecule has 1 aromatic rings. The zero-order valence-corrected chi connectivity index (χ0v) is 12.3. The van der Waals surface area contributed by atoms with E-state index in [4.69, 9.17) is 10.2 Å². The number of likely N-dealkylation sites (tertiary alicyclic amines) is 1. The molecule has 0 N–H and O–H groups in total. The first-order valence-electron chi connectivity index (χ1n) is 6.54. The van der Waals surface area contributed by atoms with Gasteiger partial charge in [0.25, 0.3) is 0 Å². The molecule has 0 unspecified atom stereocenters. The van der Waals surface area contributed by atoms with Crippen LogP contribution in [0.4, 0.5) is 0 Å². The van der Waals surface area contributed by atoms with Crippen LogP contribution in [-0.2, 0) is 6.42 Å². The highest BCUT2D eigenvalue weighted by molar-refractivity contribution is 7.09. The Labute approximate surface area is 113 Å². The molecule has 0 spiro atoms. The summed E-state index contributed by atoms with van der Waals surface area (Å²) in [5.41, 5.74) is 0.943. The number of rotatable bonds is 3. The van der Waals surface area contributed by atoms with E-state index in [0.717, 1.165) is 11.4 Å². The molecule has 0 aliphatic carbocycles. The summed E-state index contributed by atoms with van der Waals surface area (Å²) in [7, 11) is 2.18. The molecule has 1 aliphatic heterocycles. The molecule has 1 aromatic heterocycles. The first-order chi connectivity index (χ1) is 8.50. The largest absolute Gasteiger partial charge is 0.306 e. The summed E-state index contributed by atoms with van der Waals surface area (Å²) in [5, 5.41) is 12.4. The number of piperidine rings is 1. The Kier molecular flexibility index (Phi) is 4.04. The van der Waals surface area contributed by atoms with Gasteiger partial charge in [-0.05, 0) is 46.8 Å². The van der Waals surface area contributed by atoms with Gasteiger partial charge in [0.1, 0.15) is 0 Å². The van der Waals surface area contributed by atoms with Gasteiger partial charge in [-0.25, -0.2) is 4.98 Å². The van der Waals surface area contributed by atoms with Crippen LogP contribution in [-0.4, -0.2) is 30.0 Å². The number of nitriles is 1. The SMILES string of the molecule is CN1CCC(c2csc(CC(C)(C)C#N)n2)CC1. The van der Waals surface area contributed by atoms with E-state index < -0.39 is 0 Å². The van der Waals surface area contributed by atoms with Crippen LogP contribution in [0.15, 0.2) is 5.38 Å². The Balaban J connectivity index is 2.00. The van der Waals surface area contributed by atoms with Gasteiger partial charge in [-0.2, -0.15) is 5.26 Å². The normalized spacial score (nSPS) is 18.8. The Hall–Kier alpha value is -0.920. The molecule has 0 radical (unpaired) electrons. The Bertz CT molecular complexity index is 436. The van der Waals surface area contributed by atoms with E-state index >= 15 is 0 Å². The van der Waals surface area contributed by atoms with Crippen molar-refractivity contribution in [3.8, 4) is 6.07 Å². The molecule has 0 bridgehead atoms. The van der Waals surface area contributed by atoms with Crippen molar-refractivity contribution in [3.05, 3.63) is 16.1 Å². The second-order valence-electron chi connectivity index (χ2n) is 5.92. The summed E-state index contributed by atoms with van der Waals surface area (Å²) in [5.74, 6) is 0.622.